The van der Waals surface area contributed by atoms with Crippen molar-refractivity contribution in [3.63, 3.8) is 0 Å². The molecule has 0 radical (unpaired) electrons. The van der Waals surface area contributed by atoms with E-state index in [1.54, 1.807) is 44.9 Å². The topological polar surface area (TPSA) is 221 Å². The minimum absolute atomic E-state index is 0.270. The molecule has 10 rings (SSSR count). The maximum absolute atomic E-state index is 9.96. The van der Waals surface area contributed by atoms with Crippen molar-refractivity contribution in [1.82, 2.24) is 64.1 Å². The van der Waals surface area contributed by atoms with Crippen molar-refractivity contribution in [2.75, 3.05) is 50.6 Å². The van der Waals surface area contributed by atoms with E-state index in [4.69, 9.17) is 60.7 Å². The first-order chi connectivity index (χ1) is 44.2. The highest BCUT2D eigenvalue weighted by Crippen LogP contribution is 2.37. The summed E-state index contributed by atoms with van der Waals surface area (Å²) < 4.78 is 42.6. The summed E-state index contributed by atoms with van der Waals surface area (Å²) in [6.45, 7) is 25.4. The largest absolute Gasteiger partial charge is 0.502 e. The average molecular weight is 1310 g/mol. The summed E-state index contributed by atoms with van der Waals surface area (Å²) in [6, 6.07) is 30.0. The fourth-order valence-corrected chi connectivity index (χ4v) is 8.43. The SMILES string of the molecule is CCN(CC)CC.CCO/C=C/B1OC(C)(C)C(C)(C)O1.CCO/C=C/c1cc(NCc2ccc(-c3cnn(C)c3)cc2)ncn1.Clc1cc(Cl)ncn1.Cn1cc(-c2ccc(CN)cc2)cn1.Cn1cc(-c2ccc(CNc3cc(Cl)ncn3)cc2)cn1.[2H]CF. The first-order valence-electron chi connectivity index (χ1n) is 30.2. The Labute approximate surface area is 553 Å². The number of aromatic nitrogens is 12. The van der Waals surface area contributed by atoms with E-state index in [1.807, 2.05) is 124 Å². The highest BCUT2D eigenvalue weighted by Gasteiger charge is 2.50. The average Bonchev–Trinajstić information content (AvgIpc) is 1.66. The first-order valence-corrected chi connectivity index (χ1v) is 30.7. The fourth-order valence-electron chi connectivity index (χ4n) is 7.93. The number of nitrogens with zero attached hydrogens (tertiary/aromatic N) is 13. The number of hydrogen-bond acceptors (Lipinski definition) is 17. The molecule has 1 aliphatic rings. The minimum atomic E-state index is -1.00. The van der Waals surface area contributed by atoms with E-state index in [-0.39, 0.29) is 18.3 Å². The Morgan fingerprint density at radius 1 is 0.560 bits per heavy atom. The summed E-state index contributed by atoms with van der Waals surface area (Å²) in [7, 11) is 4.44. The molecular weight excluding hydrogens is 1220 g/mol. The van der Waals surface area contributed by atoms with Crippen LogP contribution in [0.25, 0.3) is 39.5 Å². The van der Waals surface area contributed by atoms with Gasteiger partial charge in [0.05, 0.1) is 69.7 Å². The molecule has 0 bridgehead atoms. The Kier molecular flexibility index (Phi) is 32.9. The van der Waals surface area contributed by atoms with Gasteiger partial charge in [-0.05, 0) is 107 Å². The molecule has 1 aliphatic heterocycles. The lowest BCUT2D eigenvalue weighted by atomic mass is 9.90. The van der Waals surface area contributed by atoms with Crippen LogP contribution in [0.3, 0.4) is 0 Å². The fraction of sp³-hybridized carbons (Fsp3) is 0.348. The number of anilines is 2. The number of ether oxygens (including phenoxy) is 2. The summed E-state index contributed by atoms with van der Waals surface area (Å²) in [5, 5.41) is 20.2. The van der Waals surface area contributed by atoms with Gasteiger partial charge in [-0.25, -0.2) is 29.9 Å². The van der Waals surface area contributed by atoms with Gasteiger partial charge in [-0.3, -0.25) is 18.4 Å². The molecule has 4 N–H and O–H groups in total. The predicted octanol–water partition coefficient (Wildman–Crippen LogP) is 14.1. The number of rotatable bonds is 19. The lowest BCUT2D eigenvalue weighted by Gasteiger charge is -2.32. The van der Waals surface area contributed by atoms with Crippen molar-refractivity contribution >= 4 is 59.6 Å². The number of nitrogens with two attached hydrogens (primary N) is 1. The standard InChI is InChI=1S/C19H21N5O.C15H14ClN5.C11H13N3.C10H19BO3.C6H15N.C4H2Cl2N2.CH3F/c1-3-25-9-8-18-10-19(22-14-21-18)20-11-15-4-6-16(7-5-15)17-12-23-24(2)13-17;1-21-9-13(8-20-21)12-4-2-11(3-5-12)7-17-15-6-14(16)18-10-19-15;1-14-8-11(7-13-14)10-4-2-9(6-12)3-5-10;1-6-12-8-7-11-13-9(2,3)10(4,5)14-11;1-4-7(5-2)6-3;5-3-1-4(6)8-2-7-3;1-2/h4-10,12-14H,3,11H2,1-2H3,(H,20,21,22);2-6,8-10H,7H2,1H3,(H,17,18,19);2-5,7-8H,6,12H2,1H3;7-8H,6H2,1-5H3;4-6H2,1-3H3;1-2H;1H3/b9-8+;;;8-7+;;;/i;;;;;;1D. The smallest absolute Gasteiger partial charge is 0.490 e. The van der Waals surface area contributed by atoms with Gasteiger partial charge in [0.25, 0.3) is 0 Å². The van der Waals surface area contributed by atoms with Crippen LogP contribution in [-0.4, -0.2) is 122 Å². The Morgan fingerprint density at radius 2 is 0.934 bits per heavy atom. The van der Waals surface area contributed by atoms with Gasteiger partial charge in [-0.15, -0.1) is 0 Å². The van der Waals surface area contributed by atoms with E-state index < -0.39 is 7.15 Å². The lowest BCUT2D eigenvalue weighted by Crippen LogP contribution is -2.41. The van der Waals surface area contributed by atoms with Crippen molar-refractivity contribution < 1.29 is 24.5 Å². The van der Waals surface area contributed by atoms with Crippen LogP contribution in [0.15, 0.2) is 166 Å². The number of aryl methyl sites for hydroxylation is 3. The van der Waals surface area contributed by atoms with E-state index >= 15 is 0 Å². The van der Waals surface area contributed by atoms with Gasteiger partial charge >= 0.3 is 7.12 Å². The number of hydrogen-bond donors (Lipinski definition) is 3. The number of benzene rings is 3. The third-order valence-corrected chi connectivity index (χ3v) is 14.3. The van der Waals surface area contributed by atoms with Crippen molar-refractivity contribution in [3.8, 4) is 33.4 Å². The van der Waals surface area contributed by atoms with Gasteiger partial charge in [0, 0.05) is 94.3 Å². The molecule has 91 heavy (non-hydrogen) atoms. The summed E-state index contributed by atoms with van der Waals surface area (Å²) in [4.78, 5) is 26.0. The van der Waals surface area contributed by atoms with Crippen LogP contribution in [-0.2, 0) is 59.6 Å². The van der Waals surface area contributed by atoms with Gasteiger partial charge < -0.3 is 40.0 Å². The molecule has 0 spiro atoms. The zero-order valence-electron chi connectivity index (χ0n) is 55.1. The van der Waals surface area contributed by atoms with Crippen LogP contribution in [0.4, 0.5) is 16.0 Å². The van der Waals surface area contributed by atoms with E-state index in [1.165, 1.54) is 49.5 Å². The second kappa shape index (κ2) is 40.6. The van der Waals surface area contributed by atoms with Gasteiger partial charge in [0.2, 0.25) is 0 Å². The van der Waals surface area contributed by atoms with Crippen LogP contribution in [0, 0.1) is 0 Å². The molecule has 0 amide bonds. The van der Waals surface area contributed by atoms with E-state index in [9.17, 15) is 4.39 Å². The van der Waals surface area contributed by atoms with Gasteiger partial charge in [-0.1, -0.05) is 128 Å². The molecule has 20 nitrogen and oxygen atoms in total. The van der Waals surface area contributed by atoms with E-state index in [0.717, 1.165) is 50.5 Å². The third-order valence-electron chi connectivity index (χ3n) is 13.7. The first kappa shape index (κ1) is 73.6. The zero-order chi connectivity index (χ0) is 67.3. The summed E-state index contributed by atoms with van der Waals surface area (Å²) >= 11 is 16.6. The van der Waals surface area contributed by atoms with Gasteiger partial charge in [0.15, 0.2) is 0 Å². The molecule has 1 saturated heterocycles. The summed E-state index contributed by atoms with van der Waals surface area (Å²) in [6.07, 6.45) is 21.0. The van der Waals surface area contributed by atoms with Crippen LogP contribution < -0.4 is 16.4 Å². The molecule has 9 aromatic rings. The second-order valence-electron chi connectivity index (χ2n) is 20.7. The van der Waals surface area contributed by atoms with Crippen molar-refractivity contribution in [3.05, 3.63) is 204 Å². The maximum atomic E-state index is 9.96. The molecule has 0 unspecified atom stereocenters. The number of alkyl halides is 1. The van der Waals surface area contributed by atoms with Crippen LogP contribution in [0.5, 0.6) is 0 Å². The molecule has 0 aliphatic carbocycles. The maximum Gasteiger partial charge on any atom is 0.490 e. The highest BCUT2D eigenvalue weighted by molar-refractivity contribution is 6.51. The third kappa shape index (κ3) is 27.5. The molecule has 3 aromatic carbocycles. The number of nitrogens with one attached hydrogen (secondary N) is 2. The Morgan fingerprint density at radius 3 is 1.27 bits per heavy atom. The quantitative estimate of drug-likeness (QED) is 0.0389. The highest BCUT2D eigenvalue weighted by atomic mass is 35.5. The Bertz CT molecular complexity index is 3500. The van der Waals surface area contributed by atoms with Crippen molar-refractivity contribution in [2.45, 2.75) is 93.2 Å². The van der Waals surface area contributed by atoms with Crippen LogP contribution in [0.2, 0.25) is 15.5 Å². The summed E-state index contributed by atoms with van der Waals surface area (Å²) in [5.74, 6) is 3.29. The zero-order valence-corrected chi connectivity index (χ0v) is 56.4. The monoisotopic (exact) mass is 1300 g/mol. The van der Waals surface area contributed by atoms with Crippen molar-refractivity contribution in [1.29, 1.82) is 0 Å². The Hall–Kier alpha value is -8.09. The number of halogens is 4. The molecule has 0 atom stereocenters. The van der Waals surface area contributed by atoms with Crippen LogP contribution in [0.1, 0.15) is 86.1 Å². The molecule has 7 heterocycles. The van der Waals surface area contributed by atoms with Gasteiger partial charge in [0.1, 0.15) is 46.1 Å². The normalized spacial score (nSPS) is 12.6. The van der Waals surface area contributed by atoms with Crippen molar-refractivity contribution in [2.24, 2.45) is 26.9 Å². The van der Waals surface area contributed by atoms with Crippen LogP contribution >= 0.6 is 34.8 Å². The molecule has 6 aromatic heterocycles. The van der Waals surface area contributed by atoms with E-state index in [0.29, 0.717) is 54.1 Å². The molecular formula is C66H87BCl3FN16O4. The molecule has 486 valence electrons. The predicted molar refractivity (Wildman–Crippen MR) is 368 cm³/mol. The Balaban J connectivity index is 0.000000245. The molecule has 1 fully saturated rings. The van der Waals surface area contributed by atoms with Gasteiger partial charge in [-0.2, -0.15) is 15.3 Å². The molecule has 25 heteroatoms. The lowest BCUT2D eigenvalue weighted by molar-refractivity contribution is 0.00578. The second-order valence-corrected chi connectivity index (χ2v) is 21.9. The minimum Gasteiger partial charge on any atom is -0.502 e. The summed E-state index contributed by atoms with van der Waals surface area (Å²) in [5.41, 5.74) is 16.1. The van der Waals surface area contributed by atoms with E-state index in [2.05, 4.69) is 142 Å². The molecule has 0 saturated carbocycles.